The molecule has 132 valence electrons. The molecule has 0 aliphatic carbocycles. The average molecular weight is 363 g/mol. The third kappa shape index (κ3) is 4.18. The fourth-order valence-corrected chi connectivity index (χ4v) is 4.02. The number of hydrogen-bond donors (Lipinski definition) is 1. The molecule has 0 unspecified atom stereocenters. The molecule has 1 N–H and O–H groups in total. The highest BCUT2D eigenvalue weighted by molar-refractivity contribution is 7.13. The molecule has 4 nitrogen and oxygen atoms in total. The third-order valence-corrected chi connectivity index (χ3v) is 5.41. The maximum absolute atomic E-state index is 12.2. The van der Waals surface area contributed by atoms with Gasteiger partial charge < -0.3 is 5.32 Å². The van der Waals surface area contributed by atoms with Gasteiger partial charge in [0.1, 0.15) is 0 Å². The van der Waals surface area contributed by atoms with Crippen LogP contribution in [0.25, 0.3) is 0 Å². The first kappa shape index (κ1) is 16.9. The quantitative estimate of drug-likeness (QED) is 0.748. The summed E-state index contributed by atoms with van der Waals surface area (Å²) in [4.78, 5) is 19.2. The van der Waals surface area contributed by atoms with Crippen molar-refractivity contribution in [2.45, 2.75) is 25.9 Å². The number of nitrogens with zero attached hydrogens (tertiary/aromatic N) is 2. The molecule has 0 saturated carbocycles. The van der Waals surface area contributed by atoms with E-state index in [-0.39, 0.29) is 5.91 Å². The topological polar surface area (TPSA) is 45.2 Å². The number of carbonyl (C=O) groups excluding carboxylic acids is 1. The molecule has 0 atom stereocenters. The molecular weight excluding hydrogens is 342 g/mol. The van der Waals surface area contributed by atoms with Crippen molar-refractivity contribution < 1.29 is 4.79 Å². The molecule has 0 saturated heterocycles. The van der Waals surface area contributed by atoms with E-state index in [1.54, 1.807) is 0 Å². The lowest BCUT2D eigenvalue weighted by atomic mass is 10.00. The SMILES string of the molecule is O=C(Cc1ccccc1)Nc1nc(CN2CCc3ccccc3C2)cs1. The number of anilines is 1. The number of rotatable bonds is 5. The van der Waals surface area contributed by atoms with E-state index in [0.29, 0.717) is 11.6 Å². The van der Waals surface area contributed by atoms with Crippen LogP contribution in [0, 0.1) is 0 Å². The van der Waals surface area contributed by atoms with Crippen molar-refractivity contribution in [1.82, 2.24) is 9.88 Å². The number of hydrogen-bond acceptors (Lipinski definition) is 4. The highest BCUT2D eigenvalue weighted by atomic mass is 32.1. The van der Waals surface area contributed by atoms with Crippen molar-refractivity contribution in [1.29, 1.82) is 0 Å². The second-order valence-electron chi connectivity index (χ2n) is 6.58. The van der Waals surface area contributed by atoms with Crippen molar-refractivity contribution in [3.05, 3.63) is 82.4 Å². The minimum Gasteiger partial charge on any atom is -0.302 e. The lowest BCUT2D eigenvalue weighted by Crippen LogP contribution is -2.30. The number of fused-ring (bicyclic) bond motifs is 1. The molecule has 26 heavy (non-hydrogen) atoms. The second-order valence-corrected chi connectivity index (χ2v) is 7.44. The smallest absolute Gasteiger partial charge is 0.230 e. The normalized spacial score (nSPS) is 14.0. The van der Waals surface area contributed by atoms with Crippen LogP contribution in [-0.4, -0.2) is 22.3 Å². The maximum Gasteiger partial charge on any atom is 0.230 e. The predicted octanol–water partition coefficient (Wildman–Crippen LogP) is 3.88. The minimum atomic E-state index is -0.0241. The Kier molecular flexibility index (Phi) is 5.09. The van der Waals surface area contributed by atoms with Gasteiger partial charge in [0, 0.05) is 25.0 Å². The number of thiazole rings is 1. The van der Waals surface area contributed by atoms with Gasteiger partial charge >= 0.3 is 0 Å². The Labute approximate surface area is 157 Å². The lowest BCUT2D eigenvalue weighted by molar-refractivity contribution is -0.115. The van der Waals surface area contributed by atoms with Crippen molar-refractivity contribution in [2.24, 2.45) is 0 Å². The summed E-state index contributed by atoms with van der Waals surface area (Å²) in [5.74, 6) is -0.0241. The molecule has 5 heteroatoms. The molecule has 1 aliphatic heterocycles. The van der Waals surface area contributed by atoms with E-state index in [1.165, 1.54) is 22.5 Å². The van der Waals surface area contributed by atoms with Gasteiger partial charge in [0.15, 0.2) is 5.13 Å². The maximum atomic E-state index is 12.2. The van der Waals surface area contributed by atoms with Crippen LogP contribution >= 0.6 is 11.3 Å². The molecule has 0 spiro atoms. The van der Waals surface area contributed by atoms with Crippen LogP contribution in [0.4, 0.5) is 5.13 Å². The van der Waals surface area contributed by atoms with Gasteiger partial charge in [-0.3, -0.25) is 9.69 Å². The first-order valence-corrected chi connectivity index (χ1v) is 9.71. The zero-order valence-corrected chi connectivity index (χ0v) is 15.3. The van der Waals surface area contributed by atoms with Crippen LogP contribution in [0.3, 0.4) is 0 Å². The van der Waals surface area contributed by atoms with Gasteiger partial charge in [-0.15, -0.1) is 11.3 Å². The van der Waals surface area contributed by atoms with Crippen LogP contribution in [0.5, 0.6) is 0 Å². The van der Waals surface area contributed by atoms with Crippen molar-refractivity contribution >= 4 is 22.4 Å². The molecule has 2 aromatic carbocycles. The fourth-order valence-electron chi connectivity index (χ4n) is 3.30. The highest BCUT2D eigenvalue weighted by Gasteiger charge is 2.17. The number of benzene rings is 2. The Morgan fingerprint density at radius 3 is 2.69 bits per heavy atom. The van der Waals surface area contributed by atoms with Crippen LogP contribution in [0.2, 0.25) is 0 Å². The summed E-state index contributed by atoms with van der Waals surface area (Å²) in [5, 5.41) is 5.63. The summed E-state index contributed by atoms with van der Waals surface area (Å²) in [7, 11) is 0. The van der Waals surface area contributed by atoms with Gasteiger partial charge in [0.2, 0.25) is 5.91 Å². The molecular formula is C21H21N3OS. The van der Waals surface area contributed by atoms with Gasteiger partial charge in [-0.25, -0.2) is 4.98 Å². The van der Waals surface area contributed by atoms with Crippen LogP contribution < -0.4 is 5.32 Å². The van der Waals surface area contributed by atoms with Crippen molar-refractivity contribution in [3.8, 4) is 0 Å². The van der Waals surface area contributed by atoms with Gasteiger partial charge in [0.25, 0.3) is 0 Å². The summed E-state index contributed by atoms with van der Waals surface area (Å²) in [5.41, 5.74) is 4.89. The van der Waals surface area contributed by atoms with Crippen LogP contribution in [-0.2, 0) is 30.7 Å². The zero-order chi connectivity index (χ0) is 17.8. The summed E-state index contributed by atoms with van der Waals surface area (Å²) in [6.07, 6.45) is 1.46. The third-order valence-electron chi connectivity index (χ3n) is 4.60. The monoisotopic (exact) mass is 363 g/mol. The van der Waals surface area contributed by atoms with E-state index < -0.39 is 0 Å². The summed E-state index contributed by atoms with van der Waals surface area (Å²) in [6, 6.07) is 18.4. The number of amides is 1. The first-order valence-electron chi connectivity index (χ1n) is 8.83. The van der Waals surface area contributed by atoms with E-state index in [9.17, 15) is 4.79 Å². The van der Waals surface area contributed by atoms with Gasteiger partial charge in [-0.05, 0) is 23.1 Å². The van der Waals surface area contributed by atoms with Crippen LogP contribution in [0.1, 0.15) is 22.4 Å². The molecule has 0 radical (unpaired) electrons. The van der Waals surface area contributed by atoms with Crippen molar-refractivity contribution in [2.75, 3.05) is 11.9 Å². The van der Waals surface area contributed by atoms with Gasteiger partial charge in [-0.1, -0.05) is 54.6 Å². The van der Waals surface area contributed by atoms with Gasteiger partial charge in [0.05, 0.1) is 12.1 Å². The van der Waals surface area contributed by atoms with Gasteiger partial charge in [-0.2, -0.15) is 0 Å². The number of aromatic nitrogens is 1. The molecule has 2 heterocycles. The standard InChI is InChI=1S/C21H21N3OS/c25-20(12-16-6-2-1-3-7-16)23-21-22-19(15-26-21)14-24-11-10-17-8-4-5-9-18(17)13-24/h1-9,15H,10-14H2,(H,22,23,25). The Hall–Kier alpha value is -2.50. The minimum absolute atomic E-state index is 0.0241. The van der Waals surface area contributed by atoms with E-state index in [2.05, 4.69) is 39.5 Å². The summed E-state index contributed by atoms with van der Waals surface area (Å²) < 4.78 is 0. The average Bonchev–Trinajstić information content (AvgIpc) is 3.09. The molecule has 1 aromatic heterocycles. The summed E-state index contributed by atoms with van der Waals surface area (Å²) >= 11 is 1.49. The zero-order valence-electron chi connectivity index (χ0n) is 14.5. The molecule has 0 fully saturated rings. The van der Waals surface area contributed by atoms with E-state index >= 15 is 0 Å². The molecule has 4 rings (SSSR count). The van der Waals surface area contributed by atoms with E-state index in [0.717, 1.165) is 37.3 Å². The van der Waals surface area contributed by atoms with E-state index in [1.807, 2.05) is 35.7 Å². The lowest BCUT2D eigenvalue weighted by Gasteiger charge is -2.27. The highest BCUT2D eigenvalue weighted by Crippen LogP contribution is 2.22. The second kappa shape index (κ2) is 7.81. The van der Waals surface area contributed by atoms with E-state index in [4.69, 9.17) is 0 Å². The first-order chi connectivity index (χ1) is 12.8. The molecule has 0 bridgehead atoms. The molecule has 3 aromatic rings. The molecule has 1 amide bonds. The number of carbonyl (C=O) groups is 1. The van der Waals surface area contributed by atoms with Crippen LogP contribution in [0.15, 0.2) is 60.0 Å². The Balaban J connectivity index is 1.33. The Bertz CT molecular complexity index is 891. The Morgan fingerprint density at radius 2 is 1.85 bits per heavy atom. The predicted molar refractivity (Wildman–Crippen MR) is 105 cm³/mol. The Morgan fingerprint density at radius 1 is 1.08 bits per heavy atom. The fraction of sp³-hybridized carbons (Fsp3) is 0.238. The number of nitrogens with one attached hydrogen (secondary N) is 1. The molecule has 1 aliphatic rings. The largest absolute Gasteiger partial charge is 0.302 e. The summed E-state index contributed by atoms with van der Waals surface area (Å²) in [6.45, 7) is 2.83. The van der Waals surface area contributed by atoms with Crippen molar-refractivity contribution in [3.63, 3.8) is 0 Å².